The van der Waals surface area contributed by atoms with Gasteiger partial charge in [-0.2, -0.15) is 0 Å². The molecule has 2 heteroatoms. The van der Waals surface area contributed by atoms with Crippen molar-refractivity contribution in [2.75, 3.05) is 14.2 Å². The first kappa shape index (κ1) is 10.7. The number of hydrogen-bond acceptors (Lipinski definition) is 2. The van der Waals surface area contributed by atoms with Crippen molar-refractivity contribution in [3.63, 3.8) is 0 Å². The molecule has 0 aromatic heterocycles. The Morgan fingerprint density at radius 2 is 1.65 bits per heavy atom. The monoisotopic (exact) mass is 230 g/mol. The SMILES string of the molecule is COc1ccc(OC)c2c1C=CC21CCCC1. The predicted molar refractivity (Wildman–Crippen MR) is 68.7 cm³/mol. The molecule has 2 aliphatic carbocycles. The van der Waals surface area contributed by atoms with Crippen LogP contribution in [0, 0.1) is 0 Å². The lowest BCUT2D eigenvalue weighted by molar-refractivity contribution is 0.388. The lowest BCUT2D eigenvalue weighted by Gasteiger charge is -2.25. The Hall–Kier alpha value is -1.44. The normalized spacial score (nSPS) is 19.6. The first-order valence-electron chi connectivity index (χ1n) is 6.25. The fourth-order valence-electron chi connectivity index (χ4n) is 3.36. The van der Waals surface area contributed by atoms with E-state index in [2.05, 4.69) is 12.2 Å². The van der Waals surface area contributed by atoms with Gasteiger partial charge in [0, 0.05) is 16.5 Å². The molecule has 17 heavy (non-hydrogen) atoms. The fraction of sp³-hybridized carbons (Fsp3) is 0.467. The summed E-state index contributed by atoms with van der Waals surface area (Å²) >= 11 is 0. The van der Waals surface area contributed by atoms with Crippen molar-refractivity contribution in [3.05, 3.63) is 29.3 Å². The number of benzene rings is 1. The van der Waals surface area contributed by atoms with Crippen LogP contribution in [0.15, 0.2) is 18.2 Å². The van der Waals surface area contributed by atoms with Crippen molar-refractivity contribution < 1.29 is 9.47 Å². The number of hydrogen-bond donors (Lipinski definition) is 0. The molecular formula is C15H18O2. The fourth-order valence-corrected chi connectivity index (χ4v) is 3.36. The lowest BCUT2D eigenvalue weighted by atomic mass is 9.80. The smallest absolute Gasteiger partial charge is 0.126 e. The van der Waals surface area contributed by atoms with Crippen molar-refractivity contribution in [1.29, 1.82) is 0 Å². The quantitative estimate of drug-likeness (QED) is 0.773. The number of methoxy groups -OCH3 is 2. The van der Waals surface area contributed by atoms with Crippen LogP contribution >= 0.6 is 0 Å². The maximum Gasteiger partial charge on any atom is 0.126 e. The largest absolute Gasteiger partial charge is 0.496 e. The summed E-state index contributed by atoms with van der Waals surface area (Å²) in [5.74, 6) is 1.97. The second-order valence-corrected chi connectivity index (χ2v) is 4.96. The van der Waals surface area contributed by atoms with E-state index in [1.54, 1.807) is 14.2 Å². The second kappa shape index (κ2) is 3.80. The molecule has 0 atom stereocenters. The summed E-state index contributed by atoms with van der Waals surface area (Å²) in [6.45, 7) is 0. The molecule has 0 saturated heterocycles. The number of allylic oxidation sites excluding steroid dienone is 1. The summed E-state index contributed by atoms with van der Waals surface area (Å²) in [4.78, 5) is 0. The van der Waals surface area contributed by atoms with Crippen LogP contribution in [0.3, 0.4) is 0 Å². The van der Waals surface area contributed by atoms with E-state index in [4.69, 9.17) is 9.47 Å². The van der Waals surface area contributed by atoms with Crippen LogP contribution in [0.5, 0.6) is 11.5 Å². The minimum atomic E-state index is 0.217. The highest BCUT2D eigenvalue weighted by molar-refractivity contribution is 5.74. The highest BCUT2D eigenvalue weighted by Gasteiger charge is 2.40. The van der Waals surface area contributed by atoms with Crippen molar-refractivity contribution in [3.8, 4) is 11.5 Å². The zero-order valence-corrected chi connectivity index (χ0v) is 10.5. The van der Waals surface area contributed by atoms with Crippen LogP contribution in [0.25, 0.3) is 6.08 Å². The van der Waals surface area contributed by atoms with Gasteiger partial charge in [-0.15, -0.1) is 0 Å². The molecular weight excluding hydrogens is 212 g/mol. The van der Waals surface area contributed by atoms with E-state index in [0.29, 0.717) is 0 Å². The average molecular weight is 230 g/mol. The van der Waals surface area contributed by atoms with Crippen LogP contribution in [-0.2, 0) is 5.41 Å². The summed E-state index contributed by atoms with van der Waals surface area (Å²) in [5.41, 5.74) is 2.78. The molecule has 0 heterocycles. The van der Waals surface area contributed by atoms with Gasteiger partial charge in [0.2, 0.25) is 0 Å². The Morgan fingerprint density at radius 3 is 2.29 bits per heavy atom. The molecule has 1 saturated carbocycles. The molecule has 1 fully saturated rings. The van der Waals surface area contributed by atoms with Gasteiger partial charge < -0.3 is 9.47 Å². The van der Waals surface area contributed by atoms with E-state index in [1.807, 2.05) is 12.1 Å². The number of rotatable bonds is 2. The van der Waals surface area contributed by atoms with E-state index in [9.17, 15) is 0 Å². The average Bonchev–Trinajstić information content (AvgIpc) is 2.98. The van der Waals surface area contributed by atoms with Crippen molar-refractivity contribution in [1.82, 2.24) is 0 Å². The van der Waals surface area contributed by atoms with Gasteiger partial charge in [0.1, 0.15) is 11.5 Å². The summed E-state index contributed by atoms with van der Waals surface area (Å²) in [5, 5.41) is 0. The lowest BCUT2D eigenvalue weighted by Crippen LogP contribution is -2.18. The standard InChI is InChI=1S/C15H18O2/c1-16-12-5-6-13(17-2)14-11(12)7-10-15(14)8-3-4-9-15/h5-7,10H,3-4,8-9H2,1-2H3. The maximum absolute atomic E-state index is 5.55. The third-order valence-corrected chi connectivity index (χ3v) is 4.17. The third-order valence-electron chi connectivity index (χ3n) is 4.17. The molecule has 0 aliphatic heterocycles. The molecule has 0 unspecified atom stereocenters. The zero-order valence-electron chi connectivity index (χ0n) is 10.5. The van der Waals surface area contributed by atoms with Crippen molar-refractivity contribution >= 4 is 6.08 Å². The van der Waals surface area contributed by atoms with Gasteiger partial charge in [-0.05, 0) is 25.0 Å². The summed E-state index contributed by atoms with van der Waals surface area (Å²) < 4.78 is 11.0. The molecule has 2 aliphatic rings. The van der Waals surface area contributed by atoms with Gasteiger partial charge in [-0.3, -0.25) is 0 Å². The Morgan fingerprint density at radius 1 is 1.00 bits per heavy atom. The van der Waals surface area contributed by atoms with Gasteiger partial charge in [0.25, 0.3) is 0 Å². The van der Waals surface area contributed by atoms with Crippen LogP contribution in [0.4, 0.5) is 0 Å². The van der Waals surface area contributed by atoms with E-state index in [-0.39, 0.29) is 5.41 Å². The Kier molecular flexibility index (Phi) is 2.39. The zero-order chi connectivity index (χ0) is 11.9. The van der Waals surface area contributed by atoms with Crippen LogP contribution in [-0.4, -0.2) is 14.2 Å². The maximum atomic E-state index is 5.55. The minimum Gasteiger partial charge on any atom is -0.496 e. The number of ether oxygens (including phenoxy) is 2. The molecule has 0 radical (unpaired) electrons. The molecule has 3 rings (SSSR count). The van der Waals surface area contributed by atoms with Gasteiger partial charge >= 0.3 is 0 Å². The summed E-state index contributed by atoms with van der Waals surface area (Å²) in [7, 11) is 3.48. The summed E-state index contributed by atoms with van der Waals surface area (Å²) in [6, 6.07) is 4.03. The molecule has 0 amide bonds. The van der Waals surface area contributed by atoms with Gasteiger partial charge in [-0.1, -0.05) is 25.0 Å². The third kappa shape index (κ3) is 1.40. The van der Waals surface area contributed by atoms with Gasteiger partial charge in [0.15, 0.2) is 0 Å². The van der Waals surface area contributed by atoms with Crippen LogP contribution < -0.4 is 9.47 Å². The highest BCUT2D eigenvalue weighted by atomic mass is 16.5. The molecule has 1 aromatic carbocycles. The second-order valence-electron chi connectivity index (χ2n) is 4.96. The van der Waals surface area contributed by atoms with Crippen molar-refractivity contribution in [2.24, 2.45) is 0 Å². The minimum absolute atomic E-state index is 0.217. The van der Waals surface area contributed by atoms with Crippen LogP contribution in [0.1, 0.15) is 36.8 Å². The molecule has 90 valence electrons. The van der Waals surface area contributed by atoms with E-state index in [0.717, 1.165) is 11.5 Å². The highest BCUT2D eigenvalue weighted by Crippen LogP contribution is 2.53. The topological polar surface area (TPSA) is 18.5 Å². The Balaban J connectivity index is 2.20. The summed E-state index contributed by atoms with van der Waals surface area (Å²) in [6.07, 6.45) is 9.66. The number of fused-ring (bicyclic) bond motifs is 2. The molecule has 1 aromatic rings. The Bertz CT molecular complexity index is 468. The molecule has 1 spiro atoms. The predicted octanol–water partition coefficient (Wildman–Crippen LogP) is 3.54. The first-order valence-corrected chi connectivity index (χ1v) is 6.25. The Labute approximate surface area is 102 Å². The first-order chi connectivity index (χ1) is 8.30. The van der Waals surface area contributed by atoms with Gasteiger partial charge in [-0.25, -0.2) is 0 Å². The van der Waals surface area contributed by atoms with Crippen LogP contribution in [0.2, 0.25) is 0 Å². The molecule has 0 bridgehead atoms. The van der Waals surface area contributed by atoms with E-state index < -0.39 is 0 Å². The van der Waals surface area contributed by atoms with Gasteiger partial charge in [0.05, 0.1) is 14.2 Å². The van der Waals surface area contributed by atoms with E-state index >= 15 is 0 Å². The molecule has 0 N–H and O–H groups in total. The van der Waals surface area contributed by atoms with Crippen molar-refractivity contribution in [2.45, 2.75) is 31.1 Å². The van der Waals surface area contributed by atoms with E-state index in [1.165, 1.54) is 36.8 Å². The molecule has 2 nitrogen and oxygen atoms in total.